The second-order valence-electron chi connectivity index (χ2n) is 5.61. The number of benzene rings is 1. The Morgan fingerprint density at radius 3 is 2.65 bits per heavy atom. The average Bonchev–Trinajstić information content (AvgIpc) is 2.92. The zero-order valence-electron chi connectivity index (χ0n) is 12.5. The summed E-state index contributed by atoms with van der Waals surface area (Å²) in [6.07, 6.45) is 0. The van der Waals surface area contributed by atoms with E-state index in [9.17, 15) is 0 Å². The summed E-state index contributed by atoms with van der Waals surface area (Å²) in [6.45, 7) is 5.17. The third-order valence-corrected chi connectivity index (χ3v) is 4.21. The molecule has 3 nitrogen and oxygen atoms in total. The molecule has 2 rings (SSSR count). The highest BCUT2D eigenvalue weighted by Crippen LogP contribution is 2.24. The molecule has 0 radical (unpaired) electrons. The van der Waals surface area contributed by atoms with Crippen LogP contribution < -0.4 is 5.32 Å². The van der Waals surface area contributed by atoms with Gasteiger partial charge in [-0.15, -0.1) is 11.3 Å². The maximum atomic E-state index is 4.37. The Balaban J connectivity index is 2.08. The summed E-state index contributed by atoms with van der Waals surface area (Å²) in [5.41, 5.74) is 4.52. The summed E-state index contributed by atoms with van der Waals surface area (Å²) < 4.78 is 0. The number of likely N-dealkylation sites (N-methyl/N-ethyl adjacent to an activating group) is 2. The van der Waals surface area contributed by atoms with Crippen molar-refractivity contribution in [3.63, 3.8) is 0 Å². The monoisotopic (exact) mass is 289 g/mol. The van der Waals surface area contributed by atoms with Gasteiger partial charge in [-0.3, -0.25) is 4.90 Å². The van der Waals surface area contributed by atoms with Crippen molar-refractivity contribution >= 4 is 11.3 Å². The Labute approximate surface area is 125 Å². The van der Waals surface area contributed by atoms with Crippen molar-refractivity contribution in [1.82, 2.24) is 15.2 Å². The maximum absolute atomic E-state index is 4.37. The van der Waals surface area contributed by atoms with Gasteiger partial charge in [-0.2, -0.15) is 0 Å². The number of nitrogens with zero attached hydrogens (tertiary/aromatic N) is 2. The Kier molecular flexibility index (Phi) is 5.29. The van der Waals surface area contributed by atoms with Gasteiger partial charge < -0.3 is 5.32 Å². The summed E-state index contributed by atoms with van der Waals surface area (Å²) >= 11 is 1.66. The lowest BCUT2D eigenvalue weighted by Crippen LogP contribution is -2.43. The minimum Gasteiger partial charge on any atom is -0.319 e. The van der Waals surface area contributed by atoms with Crippen LogP contribution in [0.1, 0.15) is 18.2 Å². The van der Waals surface area contributed by atoms with Gasteiger partial charge in [-0.05, 0) is 19.7 Å². The van der Waals surface area contributed by atoms with Crippen LogP contribution in [0.25, 0.3) is 0 Å². The number of nitrogens with one attached hydrogen (secondary N) is 1. The molecule has 0 saturated heterocycles. The summed E-state index contributed by atoms with van der Waals surface area (Å²) in [6, 6.07) is 10.7. The summed E-state index contributed by atoms with van der Waals surface area (Å²) in [7, 11) is 4.18. The van der Waals surface area contributed by atoms with Gasteiger partial charge in [0, 0.05) is 30.4 Å². The zero-order chi connectivity index (χ0) is 14.4. The van der Waals surface area contributed by atoms with E-state index in [1.54, 1.807) is 11.3 Å². The Hall–Kier alpha value is -1.23. The van der Waals surface area contributed by atoms with Gasteiger partial charge in [0.25, 0.3) is 0 Å². The fourth-order valence-corrected chi connectivity index (χ4v) is 3.27. The first-order chi connectivity index (χ1) is 9.64. The van der Waals surface area contributed by atoms with Gasteiger partial charge in [0.05, 0.1) is 11.2 Å². The first kappa shape index (κ1) is 15.2. The Morgan fingerprint density at radius 1 is 1.30 bits per heavy atom. The first-order valence-corrected chi connectivity index (χ1v) is 7.84. The van der Waals surface area contributed by atoms with Crippen LogP contribution in [-0.2, 0) is 12.0 Å². The third kappa shape index (κ3) is 3.88. The van der Waals surface area contributed by atoms with Crippen LogP contribution in [0.3, 0.4) is 0 Å². The van der Waals surface area contributed by atoms with E-state index >= 15 is 0 Å². The van der Waals surface area contributed by atoms with E-state index in [1.807, 2.05) is 12.6 Å². The van der Waals surface area contributed by atoms with E-state index in [-0.39, 0.29) is 5.41 Å². The largest absolute Gasteiger partial charge is 0.319 e. The molecular formula is C16H23N3S. The lowest BCUT2D eigenvalue weighted by atomic mass is 9.82. The van der Waals surface area contributed by atoms with E-state index in [0.29, 0.717) is 0 Å². The minimum absolute atomic E-state index is 0.0980. The van der Waals surface area contributed by atoms with Crippen LogP contribution in [0.2, 0.25) is 0 Å². The number of hydrogen-bond donors (Lipinski definition) is 1. The smallest absolute Gasteiger partial charge is 0.0795 e. The van der Waals surface area contributed by atoms with Gasteiger partial charge in [0.1, 0.15) is 0 Å². The van der Waals surface area contributed by atoms with Gasteiger partial charge >= 0.3 is 0 Å². The van der Waals surface area contributed by atoms with E-state index in [4.69, 9.17) is 0 Å². The van der Waals surface area contributed by atoms with Crippen molar-refractivity contribution in [3.8, 4) is 0 Å². The molecule has 0 aliphatic rings. The standard InChI is InChI=1S/C16H23N3S/c1-16(11-17-2,14-7-5-4-6-8-14)12-19(3)9-15-10-20-13-18-15/h4-8,10,13,17H,9,11-12H2,1-3H3. The van der Waals surface area contributed by atoms with Crippen molar-refractivity contribution in [2.24, 2.45) is 0 Å². The van der Waals surface area contributed by atoms with Crippen LogP contribution in [0, 0.1) is 0 Å². The Morgan fingerprint density at radius 2 is 2.05 bits per heavy atom. The van der Waals surface area contributed by atoms with Crippen LogP contribution in [0.4, 0.5) is 0 Å². The molecule has 1 heterocycles. The fourth-order valence-electron chi connectivity index (χ4n) is 2.72. The molecule has 0 saturated carbocycles. The van der Waals surface area contributed by atoms with Crippen LogP contribution in [-0.4, -0.2) is 37.1 Å². The summed E-state index contributed by atoms with van der Waals surface area (Å²) in [4.78, 5) is 6.71. The van der Waals surface area contributed by atoms with E-state index in [2.05, 4.69) is 64.9 Å². The molecule has 0 aliphatic carbocycles. The van der Waals surface area contributed by atoms with Gasteiger partial charge in [-0.25, -0.2) is 4.98 Å². The van der Waals surface area contributed by atoms with Crippen LogP contribution in [0.15, 0.2) is 41.2 Å². The molecule has 108 valence electrons. The summed E-state index contributed by atoms with van der Waals surface area (Å²) in [5.74, 6) is 0. The molecule has 20 heavy (non-hydrogen) atoms. The van der Waals surface area contributed by atoms with Crippen LogP contribution >= 0.6 is 11.3 Å². The van der Waals surface area contributed by atoms with Crippen molar-refractivity contribution in [1.29, 1.82) is 0 Å². The minimum atomic E-state index is 0.0980. The number of hydrogen-bond acceptors (Lipinski definition) is 4. The highest BCUT2D eigenvalue weighted by Gasteiger charge is 2.27. The number of rotatable bonds is 7. The number of aromatic nitrogens is 1. The second-order valence-corrected chi connectivity index (χ2v) is 6.33. The van der Waals surface area contributed by atoms with Gasteiger partial charge in [0.2, 0.25) is 0 Å². The average molecular weight is 289 g/mol. The van der Waals surface area contributed by atoms with Gasteiger partial charge in [0.15, 0.2) is 0 Å². The summed E-state index contributed by atoms with van der Waals surface area (Å²) in [5, 5.41) is 5.45. The predicted octanol–water partition coefficient (Wildman–Crippen LogP) is 2.75. The molecule has 0 fully saturated rings. The quantitative estimate of drug-likeness (QED) is 0.849. The van der Waals surface area contributed by atoms with Gasteiger partial charge in [-0.1, -0.05) is 37.3 Å². The molecule has 1 unspecified atom stereocenters. The van der Waals surface area contributed by atoms with E-state index in [1.165, 1.54) is 5.56 Å². The molecular weight excluding hydrogens is 266 g/mol. The number of thiazole rings is 1. The fraction of sp³-hybridized carbons (Fsp3) is 0.438. The van der Waals surface area contributed by atoms with Crippen molar-refractivity contribution in [2.75, 3.05) is 27.2 Å². The highest BCUT2D eigenvalue weighted by atomic mass is 32.1. The lowest BCUT2D eigenvalue weighted by Gasteiger charge is -2.34. The SMILES string of the molecule is CNCC(C)(CN(C)Cc1cscn1)c1ccccc1. The Bertz CT molecular complexity index is 498. The molecule has 1 aromatic heterocycles. The van der Waals surface area contributed by atoms with Crippen molar-refractivity contribution in [3.05, 3.63) is 52.5 Å². The molecule has 1 atom stereocenters. The van der Waals surface area contributed by atoms with E-state index in [0.717, 1.165) is 25.3 Å². The zero-order valence-corrected chi connectivity index (χ0v) is 13.3. The topological polar surface area (TPSA) is 28.2 Å². The lowest BCUT2D eigenvalue weighted by molar-refractivity contribution is 0.244. The normalized spacial score (nSPS) is 14.4. The van der Waals surface area contributed by atoms with Crippen LogP contribution in [0.5, 0.6) is 0 Å². The van der Waals surface area contributed by atoms with Crippen molar-refractivity contribution < 1.29 is 0 Å². The maximum Gasteiger partial charge on any atom is 0.0795 e. The molecule has 0 spiro atoms. The predicted molar refractivity (Wildman–Crippen MR) is 86.2 cm³/mol. The highest BCUT2D eigenvalue weighted by molar-refractivity contribution is 7.07. The molecule has 1 N–H and O–H groups in total. The molecule has 0 aliphatic heterocycles. The first-order valence-electron chi connectivity index (χ1n) is 6.90. The van der Waals surface area contributed by atoms with Crippen molar-refractivity contribution in [2.45, 2.75) is 18.9 Å². The third-order valence-electron chi connectivity index (χ3n) is 3.57. The van der Waals surface area contributed by atoms with E-state index < -0.39 is 0 Å². The molecule has 0 bridgehead atoms. The molecule has 4 heteroatoms. The molecule has 1 aromatic carbocycles. The molecule has 0 amide bonds. The molecule has 2 aromatic rings. The second kappa shape index (κ2) is 6.97.